The van der Waals surface area contributed by atoms with Gasteiger partial charge in [0, 0.05) is 6.54 Å². The van der Waals surface area contributed by atoms with Crippen LogP contribution in [0.5, 0.6) is 5.75 Å². The van der Waals surface area contributed by atoms with Crippen molar-refractivity contribution in [3.05, 3.63) is 29.6 Å². The number of hydrogen-bond donors (Lipinski definition) is 1. The van der Waals surface area contributed by atoms with E-state index in [1.807, 2.05) is 0 Å². The maximum atomic E-state index is 13.5. The fraction of sp³-hybridized carbons (Fsp3) is 0.500. The monoisotopic (exact) mass is 327 g/mol. The molecule has 0 bridgehead atoms. The molecular weight excluding hydrogens is 305 g/mol. The summed E-state index contributed by atoms with van der Waals surface area (Å²) in [4.78, 5) is 22.9. The minimum Gasteiger partial charge on any atom is -0.494 e. The lowest BCUT2D eigenvalue weighted by Gasteiger charge is -2.19. The van der Waals surface area contributed by atoms with Crippen LogP contribution in [-0.4, -0.2) is 31.3 Å². The van der Waals surface area contributed by atoms with Crippen LogP contribution >= 0.6 is 0 Å². The van der Waals surface area contributed by atoms with E-state index in [9.17, 15) is 14.0 Å². The summed E-state index contributed by atoms with van der Waals surface area (Å²) in [6.45, 7) is 5.29. The normalized spacial score (nSPS) is 10.8. The third kappa shape index (κ3) is 7.49. The lowest BCUT2D eigenvalue weighted by Crippen LogP contribution is -2.33. The Balaban J connectivity index is 2.29. The quantitative estimate of drug-likeness (QED) is 0.813. The molecule has 23 heavy (non-hydrogen) atoms. The molecular formula is C16H22FNO5. The lowest BCUT2D eigenvalue weighted by atomic mass is 10.2. The van der Waals surface area contributed by atoms with E-state index in [1.165, 1.54) is 19.2 Å². The summed E-state index contributed by atoms with van der Waals surface area (Å²) in [7, 11) is 1.37. The lowest BCUT2D eigenvalue weighted by molar-refractivity contribution is -0.144. The van der Waals surface area contributed by atoms with Gasteiger partial charge in [0.2, 0.25) is 0 Å². The third-order valence-electron chi connectivity index (χ3n) is 2.61. The topological polar surface area (TPSA) is 73.9 Å². The van der Waals surface area contributed by atoms with Crippen LogP contribution in [0.4, 0.5) is 9.18 Å². The Hall–Kier alpha value is -2.31. The smallest absolute Gasteiger partial charge is 0.407 e. The summed E-state index contributed by atoms with van der Waals surface area (Å²) in [5, 5.41) is 2.45. The highest BCUT2D eigenvalue weighted by molar-refractivity contribution is 5.72. The average Bonchev–Trinajstić information content (AvgIpc) is 2.43. The van der Waals surface area contributed by atoms with Crippen molar-refractivity contribution >= 4 is 12.1 Å². The summed E-state index contributed by atoms with van der Waals surface area (Å²) >= 11 is 0. The van der Waals surface area contributed by atoms with Gasteiger partial charge in [-0.15, -0.1) is 0 Å². The van der Waals surface area contributed by atoms with Gasteiger partial charge in [0.05, 0.1) is 13.5 Å². The van der Waals surface area contributed by atoms with Gasteiger partial charge in [-0.3, -0.25) is 4.79 Å². The number of benzene rings is 1. The van der Waals surface area contributed by atoms with Gasteiger partial charge >= 0.3 is 12.1 Å². The zero-order valence-corrected chi connectivity index (χ0v) is 13.8. The summed E-state index contributed by atoms with van der Waals surface area (Å²) in [5.74, 6) is -0.897. The maximum absolute atomic E-state index is 13.5. The molecule has 0 atom stereocenters. The first-order valence-electron chi connectivity index (χ1n) is 7.16. The molecule has 1 amide bonds. The van der Waals surface area contributed by atoms with E-state index >= 15 is 0 Å². The zero-order valence-electron chi connectivity index (χ0n) is 13.8. The van der Waals surface area contributed by atoms with Crippen molar-refractivity contribution in [1.29, 1.82) is 0 Å². The molecule has 0 aliphatic rings. The van der Waals surface area contributed by atoms with E-state index in [1.54, 1.807) is 26.8 Å². The Kier molecular flexibility index (Phi) is 6.81. The molecule has 0 heterocycles. The maximum Gasteiger partial charge on any atom is 0.407 e. The molecule has 0 spiro atoms. The van der Waals surface area contributed by atoms with Crippen molar-refractivity contribution in [3.8, 4) is 5.75 Å². The van der Waals surface area contributed by atoms with Crippen LogP contribution in [0.15, 0.2) is 18.2 Å². The standard InChI is InChI=1S/C16H22FNO5/c1-16(2,3)23-15(20)18-8-7-14(19)22-10-11-5-6-13(21-4)12(17)9-11/h5-6,9H,7-8,10H2,1-4H3,(H,18,20). The second-order valence-corrected chi connectivity index (χ2v) is 5.81. The van der Waals surface area contributed by atoms with Crippen LogP contribution in [0.2, 0.25) is 0 Å². The molecule has 7 heteroatoms. The molecule has 6 nitrogen and oxygen atoms in total. The number of methoxy groups -OCH3 is 1. The number of alkyl carbamates (subject to hydrolysis) is 1. The second kappa shape index (κ2) is 8.36. The van der Waals surface area contributed by atoms with Crippen molar-refractivity contribution in [2.45, 2.75) is 39.4 Å². The molecule has 1 aromatic rings. The molecule has 0 radical (unpaired) electrons. The first-order chi connectivity index (χ1) is 10.7. The first-order valence-corrected chi connectivity index (χ1v) is 7.16. The van der Waals surface area contributed by atoms with Crippen LogP contribution < -0.4 is 10.1 Å². The number of esters is 1. The molecule has 0 unspecified atom stereocenters. The number of halogens is 1. The zero-order chi connectivity index (χ0) is 17.5. The molecule has 1 N–H and O–H groups in total. The number of rotatable bonds is 6. The van der Waals surface area contributed by atoms with Crippen molar-refractivity contribution in [2.24, 2.45) is 0 Å². The third-order valence-corrected chi connectivity index (χ3v) is 2.61. The number of carbonyl (C=O) groups excluding carboxylic acids is 2. The molecule has 0 saturated carbocycles. The van der Waals surface area contributed by atoms with E-state index < -0.39 is 23.5 Å². The molecule has 128 valence electrons. The number of amides is 1. The van der Waals surface area contributed by atoms with E-state index in [-0.39, 0.29) is 25.3 Å². The number of nitrogens with one attached hydrogen (secondary N) is 1. The largest absolute Gasteiger partial charge is 0.494 e. The highest BCUT2D eigenvalue weighted by Gasteiger charge is 2.16. The van der Waals surface area contributed by atoms with Crippen molar-refractivity contribution < 1.29 is 28.2 Å². The van der Waals surface area contributed by atoms with Gasteiger partial charge < -0.3 is 19.5 Å². The van der Waals surface area contributed by atoms with Gasteiger partial charge in [0.1, 0.15) is 12.2 Å². The number of carbonyl (C=O) groups is 2. The van der Waals surface area contributed by atoms with Gasteiger partial charge in [-0.05, 0) is 38.5 Å². The Labute approximate surface area is 134 Å². The van der Waals surface area contributed by atoms with E-state index in [0.29, 0.717) is 5.56 Å². The fourth-order valence-corrected chi connectivity index (χ4v) is 1.62. The predicted molar refractivity (Wildman–Crippen MR) is 81.6 cm³/mol. The van der Waals surface area contributed by atoms with Crippen LogP contribution in [0.25, 0.3) is 0 Å². The van der Waals surface area contributed by atoms with Crippen LogP contribution in [0.3, 0.4) is 0 Å². The van der Waals surface area contributed by atoms with Gasteiger partial charge in [0.25, 0.3) is 0 Å². The molecule has 0 aromatic heterocycles. The molecule has 0 aliphatic carbocycles. The molecule has 0 fully saturated rings. The summed E-state index contributed by atoms with van der Waals surface area (Å²) in [6, 6.07) is 4.31. The van der Waals surface area contributed by atoms with E-state index in [2.05, 4.69) is 5.32 Å². The fourth-order valence-electron chi connectivity index (χ4n) is 1.62. The highest BCUT2D eigenvalue weighted by atomic mass is 19.1. The number of hydrogen-bond acceptors (Lipinski definition) is 5. The molecule has 0 aliphatic heterocycles. The molecule has 1 aromatic carbocycles. The van der Waals surface area contributed by atoms with Crippen molar-refractivity contribution in [2.75, 3.05) is 13.7 Å². The van der Waals surface area contributed by atoms with Crippen LogP contribution in [0, 0.1) is 5.82 Å². The Bertz CT molecular complexity index is 554. The van der Waals surface area contributed by atoms with Gasteiger partial charge in [-0.1, -0.05) is 6.07 Å². The first kappa shape index (κ1) is 18.7. The molecule has 0 saturated heterocycles. The minimum absolute atomic E-state index is 0.00210. The number of ether oxygens (including phenoxy) is 3. The summed E-state index contributed by atoms with van der Waals surface area (Å²) in [6.07, 6.45) is -0.597. The van der Waals surface area contributed by atoms with Crippen LogP contribution in [-0.2, 0) is 20.9 Å². The average molecular weight is 327 g/mol. The van der Waals surface area contributed by atoms with Crippen LogP contribution in [0.1, 0.15) is 32.8 Å². The van der Waals surface area contributed by atoms with Gasteiger partial charge in [-0.25, -0.2) is 9.18 Å². The van der Waals surface area contributed by atoms with E-state index in [0.717, 1.165) is 0 Å². The minimum atomic E-state index is -0.595. The van der Waals surface area contributed by atoms with Crippen molar-refractivity contribution in [3.63, 3.8) is 0 Å². The summed E-state index contributed by atoms with van der Waals surface area (Å²) < 4.78 is 28.3. The summed E-state index contributed by atoms with van der Waals surface area (Å²) in [5.41, 5.74) is -0.0833. The second-order valence-electron chi connectivity index (χ2n) is 5.81. The van der Waals surface area contributed by atoms with Gasteiger partial charge in [0.15, 0.2) is 11.6 Å². The Morgan fingerprint density at radius 3 is 2.52 bits per heavy atom. The SMILES string of the molecule is COc1ccc(COC(=O)CCNC(=O)OC(C)(C)C)cc1F. The Morgan fingerprint density at radius 1 is 1.26 bits per heavy atom. The highest BCUT2D eigenvalue weighted by Crippen LogP contribution is 2.18. The predicted octanol–water partition coefficient (Wildman–Crippen LogP) is 2.79. The van der Waals surface area contributed by atoms with E-state index in [4.69, 9.17) is 14.2 Å². The molecule has 1 rings (SSSR count). The van der Waals surface area contributed by atoms with Gasteiger partial charge in [-0.2, -0.15) is 0 Å². The van der Waals surface area contributed by atoms with Crippen molar-refractivity contribution in [1.82, 2.24) is 5.32 Å². The Morgan fingerprint density at radius 2 is 1.96 bits per heavy atom.